The molecule has 0 radical (unpaired) electrons. The molecule has 0 amide bonds. The molecule has 6 nitrogen and oxygen atoms in total. The Bertz CT molecular complexity index is 4850. The van der Waals surface area contributed by atoms with Gasteiger partial charge in [0.05, 0.1) is 40.3 Å². The highest BCUT2D eigenvalue weighted by atomic mass is 16.5. The molecule has 86 heavy (non-hydrogen) atoms. The van der Waals surface area contributed by atoms with Gasteiger partial charge in [-0.2, -0.15) is 0 Å². The number of benzene rings is 9. The van der Waals surface area contributed by atoms with Crippen LogP contribution in [0.1, 0.15) is 139 Å². The van der Waals surface area contributed by atoms with Gasteiger partial charge in [0.15, 0.2) is 0 Å². The number of hydrogen-bond acceptors (Lipinski definition) is 5. The zero-order chi connectivity index (χ0) is 64.8. The van der Waals surface area contributed by atoms with Gasteiger partial charge in [-0.3, -0.25) is 4.57 Å². The Morgan fingerprint density at radius 1 is 0.465 bits per heavy atom. The van der Waals surface area contributed by atoms with Gasteiger partial charge in [-0.15, -0.1) is 0 Å². The standard InChI is InChI=1S/C80H80N4O2/c1-76(2,3)53-39-40-81-71(46-53)84-68-38-37-62-61-27-19-22-34-70(61)86-75(62)73(68)63-36-35-57(48-69(63)84)85-58-44-52(72-64(79(10,11)12)30-24-31-65(72)80(13,14)15)43-56(47-58)82-49-83(67-33-21-20-32-66(67)82)74-59(50-25-17-16-18-26-50)28-23-29-60(74)51-41-54(77(4,5)6)45-55(42-51)78(7,8)9/h16-48H,49H2,1-15H3/i16D,17D,18D,25D,26D. The van der Waals surface area contributed by atoms with Gasteiger partial charge in [-0.25, -0.2) is 4.98 Å². The second-order valence-corrected chi connectivity index (χ2v) is 28.6. The topological polar surface area (TPSA) is 46.7 Å². The fourth-order valence-electron chi connectivity index (χ4n) is 12.7. The highest BCUT2D eigenvalue weighted by molar-refractivity contribution is 6.24. The SMILES string of the molecule is [2H]c1c([2H])c([2H])c(-c2cccc(-c3cc(C(C)(C)C)cc(C(C)(C)C)c3)c2N2CN(c3cc(Oc4ccc5c6c7oc8ccccc8c7ccc6n(-c6cc(C(C)(C)C)ccn6)c5c4)cc(-c4c(C(C)(C)C)cccc4C(C)(C)C)c3)c3ccccc32)c([2H])c1[2H]. The molecule has 13 rings (SSSR count). The van der Waals surface area contributed by atoms with Gasteiger partial charge >= 0.3 is 0 Å². The molecule has 6 heteroatoms. The van der Waals surface area contributed by atoms with Gasteiger partial charge in [-0.1, -0.05) is 219 Å². The summed E-state index contributed by atoms with van der Waals surface area (Å²) in [4.78, 5) is 9.66. The van der Waals surface area contributed by atoms with Crippen LogP contribution in [0, 0.1) is 0 Å². The number of ether oxygens (including phenoxy) is 1. The lowest BCUT2D eigenvalue weighted by Crippen LogP contribution is -2.25. The van der Waals surface area contributed by atoms with Crippen LogP contribution >= 0.6 is 0 Å². The normalized spacial score (nSPS) is 14.2. The van der Waals surface area contributed by atoms with Gasteiger partial charge in [0.1, 0.15) is 35.2 Å². The van der Waals surface area contributed by atoms with E-state index in [1.165, 1.54) is 27.8 Å². The molecule has 4 heterocycles. The van der Waals surface area contributed by atoms with E-state index in [0.29, 0.717) is 23.7 Å². The predicted octanol–water partition coefficient (Wildman–Crippen LogP) is 22.6. The molecule has 0 spiro atoms. The fraction of sp³-hybridized carbons (Fsp3) is 0.263. The van der Waals surface area contributed by atoms with Crippen molar-refractivity contribution in [3.8, 4) is 50.7 Å². The van der Waals surface area contributed by atoms with E-state index in [0.717, 1.165) is 94.6 Å². The van der Waals surface area contributed by atoms with Crippen molar-refractivity contribution in [1.29, 1.82) is 0 Å². The van der Waals surface area contributed by atoms with Crippen LogP contribution in [-0.2, 0) is 27.1 Å². The minimum atomic E-state index is -0.434. The Hall–Kier alpha value is -8.87. The summed E-state index contributed by atoms with van der Waals surface area (Å²) in [5.41, 5.74) is 16.6. The average molecular weight is 1130 g/mol. The van der Waals surface area contributed by atoms with Crippen molar-refractivity contribution in [3.63, 3.8) is 0 Å². The Balaban J connectivity index is 1.05. The van der Waals surface area contributed by atoms with Crippen molar-refractivity contribution in [3.05, 3.63) is 228 Å². The first-order valence-electron chi connectivity index (χ1n) is 32.7. The molecule has 0 N–H and O–H groups in total. The Labute approximate surface area is 515 Å². The van der Waals surface area contributed by atoms with E-state index < -0.39 is 6.04 Å². The van der Waals surface area contributed by atoms with Gasteiger partial charge in [-0.05, 0) is 144 Å². The van der Waals surface area contributed by atoms with Crippen molar-refractivity contribution >= 4 is 66.5 Å². The van der Waals surface area contributed by atoms with Crippen LogP contribution in [0.5, 0.6) is 11.5 Å². The molecule has 1 aliphatic rings. The minimum absolute atomic E-state index is 0.130. The lowest BCUT2D eigenvalue weighted by molar-refractivity contribution is 0.483. The van der Waals surface area contributed by atoms with Crippen LogP contribution in [-0.4, -0.2) is 16.2 Å². The third-order valence-corrected chi connectivity index (χ3v) is 17.3. The van der Waals surface area contributed by atoms with E-state index in [1.807, 2.05) is 36.5 Å². The highest BCUT2D eigenvalue weighted by Crippen LogP contribution is 2.53. The monoisotopic (exact) mass is 1130 g/mol. The summed E-state index contributed by atoms with van der Waals surface area (Å²) in [5, 5.41) is 4.12. The lowest BCUT2D eigenvalue weighted by Gasteiger charge is -2.31. The molecule has 0 aliphatic carbocycles. The summed E-state index contributed by atoms with van der Waals surface area (Å²) in [6, 6.07) is 56.0. The van der Waals surface area contributed by atoms with Gasteiger partial charge < -0.3 is 19.0 Å². The van der Waals surface area contributed by atoms with E-state index in [2.05, 4.69) is 252 Å². The summed E-state index contributed by atoms with van der Waals surface area (Å²) < 4.78 is 62.1. The second kappa shape index (κ2) is 20.4. The first-order chi connectivity index (χ1) is 42.9. The number of rotatable bonds is 8. The predicted molar refractivity (Wildman–Crippen MR) is 364 cm³/mol. The number of fused-ring (bicyclic) bond motifs is 8. The second-order valence-electron chi connectivity index (χ2n) is 28.6. The smallest absolute Gasteiger partial charge is 0.145 e. The van der Waals surface area contributed by atoms with E-state index >= 15 is 0 Å². The number of aromatic nitrogens is 2. The van der Waals surface area contributed by atoms with Crippen LogP contribution in [0.15, 0.2) is 205 Å². The van der Waals surface area contributed by atoms with Crippen molar-refractivity contribution in [2.75, 3.05) is 16.5 Å². The first-order valence-corrected chi connectivity index (χ1v) is 30.2. The maximum absolute atomic E-state index is 9.50. The van der Waals surface area contributed by atoms with Crippen molar-refractivity contribution in [1.82, 2.24) is 9.55 Å². The number of pyridine rings is 1. The molecule has 0 unspecified atom stereocenters. The third kappa shape index (κ3) is 10.0. The number of para-hydroxylation sites is 4. The molecular formula is C80H80N4O2. The largest absolute Gasteiger partial charge is 0.457 e. The minimum Gasteiger partial charge on any atom is -0.457 e. The molecule has 12 aromatic rings. The number of anilines is 4. The summed E-state index contributed by atoms with van der Waals surface area (Å²) in [7, 11) is 0. The van der Waals surface area contributed by atoms with Crippen molar-refractivity contribution in [2.24, 2.45) is 0 Å². The van der Waals surface area contributed by atoms with Crippen LogP contribution in [0.25, 0.3) is 82.9 Å². The van der Waals surface area contributed by atoms with Crippen LogP contribution in [0.2, 0.25) is 0 Å². The Kier molecular flexibility index (Phi) is 12.0. The average Bonchev–Trinajstić information content (AvgIpc) is 1.63. The molecule has 1 aliphatic heterocycles. The first kappa shape index (κ1) is 50.5. The van der Waals surface area contributed by atoms with Crippen LogP contribution < -0.4 is 14.5 Å². The molecule has 0 atom stereocenters. The molecule has 0 saturated carbocycles. The molecule has 3 aromatic heterocycles. The summed E-state index contributed by atoms with van der Waals surface area (Å²) in [5.74, 6) is 2.07. The fourth-order valence-corrected chi connectivity index (χ4v) is 12.7. The van der Waals surface area contributed by atoms with Crippen molar-refractivity contribution in [2.45, 2.75) is 131 Å². The quantitative estimate of drug-likeness (QED) is 0.152. The zero-order valence-electron chi connectivity index (χ0n) is 57.5. The Morgan fingerprint density at radius 2 is 1.08 bits per heavy atom. The van der Waals surface area contributed by atoms with Crippen molar-refractivity contribution < 1.29 is 16.0 Å². The molecular weight excluding hydrogens is 1050 g/mol. The van der Waals surface area contributed by atoms with Gasteiger partial charge in [0.25, 0.3) is 0 Å². The van der Waals surface area contributed by atoms with Crippen LogP contribution in [0.4, 0.5) is 22.7 Å². The third-order valence-electron chi connectivity index (χ3n) is 17.3. The summed E-state index contributed by atoms with van der Waals surface area (Å²) in [6.07, 6.45) is 1.90. The molecule has 432 valence electrons. The molecule has 0 bridgehead atoms. The highest BCUT2D eigenvalue weighted by Gasteiger charge is 2.34. The van der Waals surface area contributed by atoms with E-state index in [4.69, 9.17) is 18.3 Å². The van der Waals surface area contributed by atoms with Gasteiger partial charge in [0.2, 0.25) is 0 Å². The summed E-state index contributed by atoms with van der Waals surface area (Å²) >= 11 is 0. The molecule has 0 saturated heterocycles. The number of nitrogens with zero attached hydrogens (tertiary/aromatic N) is 4. The van der Waals surface area contributed by atoms with E-state index in [-0.39, 0.29) is 56.8 Å². The van der Waals surface area contributed by atoms with E-state index in [9.17, 15) is 2.74 Å². The number of furan rings is 1. The zero-order valence-corrected chi connectivity index (χ0v) is 52.5. The van der Waals surface area contributed by atoms with Gasteiger partial charge in [0, 0.05) is 51.3 Å². The summed E-state index contributed by atoms with van der Waals surface area (Å²) in [6.45, 7) is 34.0. The van der Waals surface area contributed by atoms with Crippen LogP contribution in [0.3, 0.4) is 0 Å². The molecule has 0 fully saturated rings. The number of hydrogen-bond donors (Lipinski definition) is 0. The Morgan fingerprint density at radius 3 is 1.74 bits per heavy atom. The maximum Gasteiger partial charge on any atom is 0.145 e. The molecule has 9 aromatic carbocycles. The lowest BCUT2D eigenvalue weighted by atomic mass is 9.74. The maximum atomic E-state index is 9.50. The van der Waals surface area contributed by atoms with E-state index in [1.54, 1.807) is 0 Å².